The van der Waals surface area contributed by atoms with Gasteiger partial charge in [0, 0.05) is 15.5 Å². The van der Waals surface area contributed by atoms with E-state index in [0.717, 1.165) is 6.54 Å². The van der Waals surface area contributed by atoms with Crippen LogP contribution in [0.3, 0.4) is 0 Å². The number of nitrogens with one attached hydrogen (secondary N) is 1. The van der Waals surface area contributed by atoms with Gasteiger partial charge < -0.3 is 5.32 Å². The summed E-state index contributed by atoms with van der Waals surface area (Å²) in [4.78, 5) is 2.90. The van der Waals surface area contributed by atoms with Gasteiger partial charge in [-0.3, -0.25) is 0 Å². The number of aryl methyl sites for hydroxylation is 1. The van der Waals surface area contributed by atoms with Crippen LogP contribution in [-0.4, -0.2) is 18.1 Å². The maximum Gasteiger partial charge on any atom is 0.0506 e. The minimum Gasteiger partial charge on any atom is -0.309 e. The van der Waals surface area contributed by atoms with Crippen LogP contribution < -0.4 is 5.32 Å². The molecular formula is C12H21NS2. The summed E-state index contributed by atoms with van der Waals surface area (Å²) in [7, 11) is 0. The van der Waals surface area contributed by atoms with Crippen LogP contribution in [0.1, 0.15) is 36.1 Å². The molecule has 1 heterocycles. The Labute approximate surface area is 102 Å². The Morgan fingerprint density at radius 3 is 2.73 bits per heavy atom. The zero-order valence-electron chi connectivity index (χ0n) is 9.88. The lowest BCUT2D eigenvalue weighted by molar-refractivity contribution is 0.585. The van der Waals surface area contributed by atoms with E-state index in [2.05, 4.69) is 38.2 Å². The maximum atomic E-state index is 3.62. The molecule has 1 atom stereocenters. The fourth-order valence-corrected chi connectivity index (χ4v) is 3.26. The van der Waals surface area contributed by atoms with E-state index < -0.39 is 0 Å². The quantitative estimate of drug-likeness (QED) is 0.780. The summed E-state index contributed by atoms with van der Waals surface area (Å²) in [6.07, 6.45) is 1.21. The molecule has 1 N–H and O–H groups in total. The number of hydrogen-bond acceptors (Lipinski definition) is 3. The molecular weight excluding hydrogens is 222 g/mol. The smallest absolute Gasteiger partial charge is 0.0506 e. The molecule has 0 aliphatic carbocycles. The van der Waals surface area contributed by atoms with Crippen molar-refractivity contribution in [2.45, 2.75) is 33.2 Å². The Kier molecular flexibility index (Phi) is 6.37. The minimum absolute atomic E-state index is 0.550. The zero-order chi connectivity index (χ0) is 11.1. The van der Waals surface area contributed by atoms with E-state index in [4.69, 9.17) is 0 Å². The van der Waals surface area contributed by atoms with Gasteiger partial charge >= 0.3 is 0 Å². The molecule has 15 heavy (non-hydrogen) atoms. The summed E-state index contributed by atoms with van der Waals surface area (Å²) in [5.74, 6) is 2.39. The number of thioether (sulfide) groups is 1. The van der Waals surface area contributed by atoms with Gasteiger partial charge in [-0.15, -0.1) is 11.3 Å². The van der Waals surface area contributed by atoms with Crippen molar-refractivity contribution >= 4 is 23.1 Å². The molecule has 1 unspecified atom stereocenters. The highest BCUT2D eigenvalue weighted by atomic mass is 32.2. The van der Waals surface area contributed by atoms with Crippen molar-refractivity contribution in [2.24, 2.45) is 0 Å². The molecule has 0 aliphatic heterocycles. The first-order valence-corrected chi connectivity index (χ1v) is 7.62. The summed E-state index contributed by atoms with van der Waals surface area (Å²) >= 11 is 3.94. The lowest BCUT2D eigenvalue weighted by Crippen LogP contribution is -2.23. The van der Waals surface area contributed by atoms with Gasteiger partial charge in [-0.05, 0) is 37.8 Å². The van der Waals surface area contributed by atoms with E-state index in [0.29, 0.717) is 6.04 Å². The minimum atomic E-state index is 0.550. The monoisotopic (exact) mass is 243 g/mol. The third-order valence-corrected chi connectivity index (χ3v) is 4.33. The second-order valence-corrected chi connectivity index (χ2v) is 6.25. The number of thiophene rings is 1. The molecule has 0 radical (unpaired) electrons. The van der Waals surface area contributed by atoms with Gasteiger partial charge in [-0.25, -0.2) is 0 Å². The lowest BCUT2D eigenvalue weighted by Gasteiger charge is -2.16. The van der Waals surface area contributed by atoms with Crippen LogP contribution in [0.2, 0.25) is 0 Å². The van der Waals surface area contributed by atoms with Gasteiger partial charge in [0.15, 0.2) is 0 Å². The van der Waals surface area contributed by atoms with E-state index in [1.807, 2.05) is 23.1 Å². The van der Waals surface area contributed by atoms with Crippen molar-refractivity contribution in [3.05, 3.63) is 21.9 Å². The Bertz CT molecular complexity index is 262. The van der Waals surface area contributed by atoms with Crippen molar-refractivity contribution in [3.8, 4) is 0 Å². The first kappa shape index (κ1) is 13.1. The van der Waals surface area contributed by atoms with E-state index in [-0.39, 0.29) is 0 Å². The normalized spacial score (nSPS) is 13.0. The molecule has 0 saturated heterocycles. The van der Waals surface area contributed by atoms with E-state index in [1.165, 1.54) is 27.7 Å². The van der Waals surface area contributed by atoms with Crippen LogP contribution in [0.5, 0.6) is 0 Å². The largest absolute Gasteiger partial charge is 0.309 e. The van der Waals surface area contributed by atoms with Crippen molar-refractivity contribution in [2.75, 3.05) is 18.1 Å². The van der Waals surface area contributed by atoms with Crippen molar-refractivity contribution in [3.63, 3.8) is 0 Å². The second kappa shape index (κ2) is 7.31. The van der Waals surface area contributed by atoms with Gasteiger partial charge in [-0.1, -0.05) is 13.8 Å². The van der Waals surface area contributed by atoms with Gasteiger partial charge in [-0.2, -0.15) is 11.8 Å². The van der Waals surface area contributed by atoms with Crippen LogP contribution in [0, 0.1) is 6.92 Å². The Morgan fingerprint density at radius 2 is 2.20 bits per heavy atom. The van der Waals surface area contributed by atoms with Gasteiger partial charge in [0.05, 0.1) is 6.04 Å². The Morgan fingerprint density at radius 1 is 1.40 bits per heavy atom. The Balaban J connectivity index is 2.54. The molecule has 0 saturated carbocycles. The van der Waals surface area contributed by atoms with Crippen LogP contribution in [0.4, 0.5) is 0 Å². The number of hydrogen-bond donors (Lipinski definition) is 1. The third-order valence-electron chi connectivity index (χ3n) is 2.23. The first-order valence-electron chi connectivity index (χ1n) is 5.65. The van der Waals surface area contributed by atoms with Crippen LogP contribution >= 0.6 is 23.1 Å². The second-order valence-electron chi connectivity index (χ2n) is 3.61. The summed E-state index contributed by atoms with van der Waals surface area (Å²) in [5.41, 5.74) is 0. The summed E-state index contributed by atoms with van der Waals surface area (Å²) in [6.45, 7) is 7.74. The van der Waals surface area contributed by atoms with E-state index in [1.54, 1.807) is 0 Å². The molecule has 0 bridgehead atoms. The van der Waals surface area contributed by atoms with Crippen molar-refractivity contribution in [1.82, 2.24) is 5.32 Å². The van der Waals surface area contributed by atoms with E-state index in [9.17, 15) is 0 Å². The van der Waals surface area contributed by atoms with Gasteiger partial charge in [0.1, 0.15) is 0 Å². The highest BCUT2D eigenvalue weighted by molar-refractivity contribution is 7.99. The molecule has 1 rings (SSSR count). The highest BCUT2D eigenvalue weighted by Gasteiger charge is 2.11. The van der Waals surface area contributed by atoms with Gasteiger partial charge in [0.25, 0.3) is 0 Å². The Hall–Kier alpha value is 0.01000. The van der Waals surface area contributed by atoms with Crippen LogP contribution in [0.25, 0.3) is 0 Å². The lowest BCUT2D eigenvalue weighted by atomic mass is 10.2. The predicted molar refractivity (Wildman–Crippen MR) is 73.1 cm³/mol. The average Bonchev–Trinajstić information content (AvgIpc) is 2.65. The summed E-state index contributed by atoms with van der Waals surface area (Å²) < 4.78 is 0. The standard InChI is InChI=1S/C12H21NS2/c1-4-8-13-11(9-14-5-2)12-7-6-10(3)15-12/h6-7,11,13H,4-5,8-9H2,1-3H3. The molecule has 1 aromatic rings. The highest BCUT2D eigenvalue weighted by Crippen LogP contribution is 2.25. The topological polar surface area (TPSA) is 12.0 Å². The average molecular weight is 243 g/mol. The molecule has 1 aromatic heterocycles. The first-order chi connectivity index (χ1) is 7.27. The van der Waals surface area contributed by atoms with Crippen molar-refractivity contribution in [1.29, 1.82) is 0 Å². The SMILES string of the molecule is CCCNC(CSCC)c1ccc(C)s1. The molecule has 0 fully saturated rings. The maximum absolute atomic E-state index is 3.62. The van der Waals surface area contributed by atoms with Crippen LogP contribution in [0.15, 0.2) is 12.1 Å². The van der Waals surface area contributed by atoms with Gasteiger partial charge in [0.2, 0.25) is 0 Å². The zero-order valence-corrected chi connectivity index (χ0v) is 11.5. The molecule has 0 spiro atoms. The molecule has 86 valence electrons. The molecule has 1 nitrogen and oxygen atoms in total. The third kappa shape index (κ3) is 4.58. The number of rotatable bonds is 7. The van der Waals surface area contributed by atoms with E-state index >= 15 is 0 Å². The predicted octanol–water partition coefficient (Wildman–Crippen LogP) is 3.85. The molecule has 0 aliphatic rings. The molecule has 0 amide bonds. The van der Waals surface area contributed by atoms with Crippen molar-refractivity contribution < 1.29 is 0 Å². The van der Waals surface area contributed by atoms with Crippen LogP contribution in [-0.2, 0) is 0 Å². The fourth-order valence-electron chi connectivity index (χ4n) is 1.44. The summed E-state index contributed by atoms with van der Waals surface area (Å²) in [5, 5.41) is 3.62. The summed E-state index contributed by atoms with van der Waals surface area (Å²) in [6, 6.07) is 5.04. The molecule has 3 heteroatoms. The molecule has 0 aromatic carbocycles. The fraction of sp³-hybridized carbons (Fsp3) is 0.667.